The summed E-state index contributed by atoms with van der Waals surface area (Å²) in [5, 5.41) is 7.75. The van der Waals surface area contributed by atoms with E-state index in [1.807, 2.05) is 0 Å². The van der Waals surface area contributed by atoms with Crippen LogP contribution in [0.4, 0.5) is 26.2 Å². The summed E-state index contributed by atoms with van der Waals surface area (Å²) >= 11 is 0. The molecule has 29 heavy (non-hydrogen) atoms. The minimum absolute atomic E-state index is 0.00700. The quantitative estimate of drug-likeness (QED) is 0.719. The van der Waals surface area contributed by atoms with Gasteiger partial charge in [-0.2, -0.15) is 0 Å². The van der Waals surface area contributed by atoms with Crippen molar-refractivity contribution in [3.8, 4) is 0 Å². The molecule has 1 aliphatic rings. The summed E-state index contributed by atoms with van der Waals surface area (Å²) in [6.07, 6.45) is -0.801. The Hall–Kier alpha value is -3.42. The molecule has 0 saturated heterocycles. The van der Waals surface area contributed by atoms with Gasteiger partial charge in [-0.25, -0.2) is 9.18 Å². The van der Waals surface area contributed by atoms with Gasteiger partial charge in [0.15, 0.2) is 0 Å². The van der Waals surface area contributed by atoms with Crippen LogP contribution in [-0.4, -0.2) is 23.5 Å². The standard InChI is InChI=1S/C21H22FN3O4/c1-21(2,3)29-20(28)25-17-10-12(8-9-15(17)22)23-19(27)14-11-18(26)24-16-7-5-4-6-13(14)16/h4-10,14H,11H2,1-3H3,(H,23,27)(H,24,26)(H,25,28). The lowest BCUT2D eigenvalue weighted by atomic mass is 9.90. The molecule has 0 fully saturated rings. The predicted molar refractivity (Wildman–Crippen MR) is 107 cm³/mol. The van der Waals surface area contributed by atoms with Crippen LogP contribution in [0.1, 0.15) is 38.7 Å². The van der Waals surface area contributed by atoms with Crippen LogP contribution in [0.2, 0.25) is 0 Å². The average Bonchev–Trinajstić information content (AvgIpc) is 2.62. The number of amides is 3. The zero-order valence-electron chi connectivity index (χ0n) is 16.3. The molecule has 2 aromatic carbocycles. The monoisotopic (exact) mass is 399 g/mol. The molecule has 0 bridgehead atoms. The van der Waals surface area contributed by atoms with E-state index >= 15 is 0 Å². The Kier molecular flexibility index (Phi) is 5.54. The minimum atomic E-state index is -0.808. The van der Waals surface area contributed by atoms with E-state index in [0.717, 1.165) is 6.07 Å². The largest absolute Gasteiger partial charge is 0.444 e. The first-order valence-corrected chi connectivity index (χ1v) is 9.11. The summed E-state index contributed by atoms with van der Waals surface area (Å²) in [7, 11) is 0. The Morgan fingerprint density at radius 2 is 1.86 bits per heavy atom. The first-order chi connectivity index (χ1) is 13.6. The van der Waals surface area contributed by atoms with Crippen molar-refractivity contribution < 1.29 is 23.5 Å². The van der Waals surface area contributed by atoms with Gasteiger partial charge < -0.3 is 15.4 Å². The number of fused-ring (bicyclic) bond motifs is 1. The van der Waals surface area contributed by atoms with E-state index in [1.54, 1.807) is 45.0 Å². The number of para-hydroxylation sites is 1. The van der Waals surface area contributed by atoms with Crippen molar-refractivity contribution in [3.63, 3.8) is 0 Å². The van der Waals surface area contributed by atoms with Crippen LogP contribution in [0.25, 0.3) is 0 Å². The Morgan fingerprint density at radius 3 is 2.59 bits per heavy atom. The summed E-state index contributed by atoms with van der Waals surface area (Å²) in [5.74, 6) is -2.00. The number of rotatable bonds is 3. The first kappa shape index (κ1) is 20.3. The molecule has 1 aliphatic heterocycles. The molecule has 8 heteroatoms. The van der Waals surface area contributed by atoms with Crippen LogP contribution in [0, 0.1) is 5.82 Å². The lowest BCUT2D eigenvalue weighted by molar-refractivity contribution is -0.123. The molecule has 7 nitrogen and oxygen atoms in total. The number of hydrogen-bond donors (Lipinski definition) is 3. The second-order valence-electron chi connectivity index (χ2n) is 7.70. The van der Waals surface area contributed by atoms with Gasteiger partial charge in [0, 0.05) is 17.8 Å². The van der Waals surface area contributed by atoms with Crippen LogP contribution in [0.3, 0.4) is 0 Å². The Morgan fingerprint density at radius 1 is 1.14 bits per heavy atom. The van der Waals surface area contributed by atoms with E-state index in [2.05, 4.69) is 16.0 Å². The van der Waals surface area contributed by atoms with E-state index in [4.69, 9.17) is 4.74 Å². The molecule has 0 aliphatic carbocycles. The third kappa shape index (κ3) is 5.10. The van der Waals surface area contributed by atoms with E-state index < -0.39 is 29.3 Å². The maximum atomic E-state index is 14.1. The van der Waals surface area contributed by atoms with E-state index in [0.29, 0.717) is 11.3 Å². The Labute approximate surface area is 167 Å². The summed E-state index contributed by atoms with van der Waals surface area (Å²) in [5.41, 5.74) is 0.722. The fourth-order valence-electron chi connectivity index (χ4n) is 2.99. The number of nitrogens with one attached hydrogen (secondary N) is 3. The molecule has 0 spiro atoms. The third-order valence-electron chi connectivity index (χ3n) is 4.19. The number of ether oxygens (including phenoxy) is 1. The Balaban J connectivity index is 1.76. The van der Waals surface area contributed by atoms with Crippen LogP contribution in [-0.2, 0) is 14.3 Å². The smallest absolute Gasteiger partial charge is 0.412 e. The molecular formula is C21H22FN3O4. The molecule has 0 saturated carbocycles. The fourth-order valence-corrected chi connectivity index (χ4v) is 2.99. The average molecular weight is 399 g/mol. The summed E-state index contributed by atoms with van der Waals surface area (Å²) in [4.78, 5) is 36.6. The van der Waals surface area contributed by atoms with Crippen molar-refractivity contribution in [1.29, 1.82) is 0 Å². The van der Waals surface area contributed by atoms with Crippen molar-refractivity contribution in [2.75, 3.05) is 16.0 Å². The van der Waals surface area contributed by atoms with Crippen LogP contribution < -0.4 is 16.0 Å². The molecule has 3 N–H and O–H groups in total. The van der Waals surface area contributed by atoms with E-state index in [-0.39, 0.29) is 23.7 Å². The zero-order valence-corrected chi connectivity index (χ0v) is 16.3. The SMILES string of the molecule is CC(C)(C)OC(=O)Nc1cc(NC(=O)C2CC(=O)Nc3ccccc32)ccc1F. The summed E-state index contributed by atoms with van der Waals surface area (Å²) in [6.45, 7) is 5.08. The number of hydrogen-bond acceptors (Lipinski definition) is 4. The molecule has 152 valence electrons. The number of halogens is 1. The molecule has 0 radical (unpaired) electrons. The number of benzene rings is 2. The van der Waals surface area contributed by atoms with Gasteiger partial charge >= 0.3 is 6.09 Å². The van der Waals surface area contributed by atoms with Gasteiger partial charge in [0.25, 0.3) is 0 Å². The molecular weight excluding hydrogens is 377 g/mol. The Bertz CT molecular complexity index is 969. The molecule has 2 aromatic rings. The van der Waals surface area contributed by atoms with E-state index in [1.165, 1.54) is 12.1 Å². The van der Waals surface area contributed by atoms with Crippen molar-refractivity contribution in [2.24, 2.45) is 0 Å². The molecule has 0 aromatic heterocycles. The van der Waals surface area contributed by atoms with Gasteiger partial charge in [0.2, 0.25) is 11.8 Å². The molecule has 1 atom stereocenters. The maximum absolute atomic E-state index is 14.1. The highest BCUT2D eigenvalue weighted by Crippen LogP contribution is 2.33. The fraction of sp³-hybridized carbons (Fsp3) is 0.286. The topological polar surface area (TPSA) is 96.5 Å². The normalized spacial score (nSPS) is 15.7. The molecule has 3 rings (SSSR count). The van der Waals surface area contributed by atoms with Crippen LogP contribution in [0.15, 0.2) is 42.5 Å². The van der Waals surface area contributed by atoms with Crippen molar-refractivity contribution in [2.45, 2.75) is 38.7 Å². The van der Waals surface area contributed by atoms with Crippen LogP contribution >= 0.6 is 0 Å². The number of carbonyl (C=O) groups excluding carboxylic acids is 3. The van der Waals surface area contributed by atoms with Crippen LogP contribution in [0.5, 0.6) is 0 Å². The predicted octanol–water partition coefficient (Wildman–Crippen LogP) is 4.24. The van der Waals surface area contributed by atoms with Gasteiger partial charge in [-0.3, -0.25) is 14.9 Å². The van der Waals surface area contributed by atoms with Crippen molar-refractivity contribution in [3.05, 3.63) is 53.8 Å². The molecule has 1 unspecified atom stereocenters. The lowest BCUT2D eigenvalue weighted by Crippen LogP contribution is -2.30. The first-order valence-electron chi connectivity index (χ1n) is 9.11. The van der Waals surface area contributed by atoms with Crippen molar-refractivity contribution >= 4 is 35.0 Å². The second kappa shape index (κ2) is 7.90. The zero-order chi connectivity index (χ0) is 21.2. The molecule has 3 amide bonds. The number of carbonyl (C=O) groups is 3. The van der Waals surface area contributed by atoms with Gasteiger partial charge in [-0.15, -0.1) is 0 Å². The summed E-state index contributed by atoms with van der Waals surface area (Å²) in [6, 6.07) is 10.9. The van der Waals surface area contributed by atoms with E-state index in [9.17, 15) is 18.8 Å². The highest BCUT2D eigenvalue weighted by molar-refractivity contribution is 6.05. The van der Waals surface area contributed by atoms with Gasteiger partial charge in [0.1, 0.15) is 11.4 Å². The lowest BCUT2D eigenvalue weighted by Gasteiger charge is -2.25. The van der Waals surface area contributed by atoms with Gasteiger partial charge in [0.05, 0.1) is 11.6 Å². The second-order valence-corrected chi connectivity index (χ2v) is 7.70. The summed E-state index contributed by atoms with van der Waals surface area (Å²) < 4.78 is 19.2. The molecule has 1 heterocycles. The minimum Gasteiger partial charge on any atom is -0.444 e. The third-order valence-corrected chi connectivity index (χ3v) is 4.19. The van der Waals surface area contributed by atoms with Crippen molar-refractivity contribution in [1.82, 2.24) is 0 Å². The number of anilines is 3. The highest BCUT2D eigenvalue weighted by Gasteiger charge is 2.30. The maximum Gasteiger partial charge on any atom is 0.412 e. The highest BCUT2D eigenvalue weighted by atomic mass is 19.1. The van der Waals surface area contributed by atoms with Gasteiger partial charge in [-0.1, -0.05) is 18.2 Å². The van der Waals surface area contributed by atoms with Gasteiger partial charge in [-0.05, 0) is 50.6 Å².